The van der Waals surface area contributed by atoms with Crippen molar-refractivity contribution in [1.29, 1.82) is 0 Å². The van der Waals surface area contributed by atoms with Crippen LogP contribution in [0.5, 0.6) is 0 Å². The molecule has 0 amide bonds. The maximum Gasteiger partial charge on any atom is 0.0801 e. The SMILES string of the molecule is CCCCC1=C(/C=C/C2=C(Cl)C(=C/C=c3\c4ccccc4/c(=C\C=C(C)C)n3CCCC)/CCC2)c2ccccc2C1=CC=C(C)C.CCc1c(/C=C/C=C2/Sc3c(ccc4ccccc34)N2CC)sc2c1ccc1ccccc12.CCc1c(/C=C/C=C2\Sc3ccccc3N2CC)sc2ccccc12. The molecule has 11 aromatic rings. The topological polar surface area (TPSA) is 11.4 Å². The van der Waals surface area contributed by atoms with E-state index < -0.39 is 0 Å². The zero-order valence-electron chi connectivity index (χ0n) is 62.8. The monoisotopic (exact) mass is 1470 g/mol. The molecule has 3 nitrogen and oxygen atoms in total. The van der Waals surface area contributed by atoms with Gasteiger partial charge in [-0.3, -0.25) is 0 Å². The Balaban J connectivity index is 0.000000147. The van der Waals surface area contributed by atoms with E-state index in [2.05, 4.69) is 339 Å². The highest BCUT2D eigenvalue weighted by Crippen LogP contribution is 2.51. The Morgan fingerprint density at radius 3 is 1.76 bits per heavy atom. The number of unbranched alkanes of at least 4 members (excludes halogenated alkanes) is 2. The number of hydrogen-bond acceptors (Lipinski definition) is 6. The van der Waals surface area contributed by atoms with E-state index in [9.17, 15) is 0 Å². The second-order valence-electron chi connectivity index (χ2n) is 27.8. The number of halogens is 1. The second-order valence-corrected chi connectivity index (χ2v) is 32.4. The molecule has 4 aliphatic rings. The van der Waals surface area contributed by atoms with Crippen LogP contribution in [0.15, 0.2) is 283 Å². The van der Waals surface area contributed by atoms with Gasteiger partial charge in [0.05, 0.1) is 21.4 Å². The number of thiophene rings is 2. The number of benzene rings is 8. The molecule has 8 heteroatoms. The van der Waals surface area contributed by atoms with Gasteiger partial charge in [-0.15, -0.1) is 22.7 Å². The van der Waals surface area contributed by atoms with Crippen molar-refractivity contribution in [3.8, 4) is 0 Å². The zero-order chi connectivity index (χ0) is 72.9. The molecule has 0 unspecified atom stereocenters. The molecular formula is C97H98ClN3S4. The Hall–Kier alpha value is -8.79. The predicted octanol–water partition coefficient (Wildman–Crippen LogP) is 28.3. The lowest BCUT2D eigenvalue weighted by Crippen LogP contribution is -2.27. The fourth-order valence-electron chi connectivity index (χ4n) is 15.0. The highest BCUT2D eigenvalue weighted by Gasteiger charge is 2.28. The molecule has 0 spiro atoms. The van der Waals surface area contributed by atoms with Gasteiger partial charge in [0.25, 0.3) is 0 Å². The van der Waals surface area contributed by atoms with Crippen LogP contribution in [0.3, 0.4) is 0 Å². The van der Waals surface area contributed by atoms with Gasteiger partial charge < -0.3 is 14.4 Å². The second kappa shape index (κ2) is 35.1. The number of para-hydroxylation sites is 1. The smallest absolute Gasteiger partial charge is 0.0801 e. The lowest BCUT2D eigenvalue weighted by atomic mass is 9.93. The molecule has 3 aromatic heterocycles. The molecule has 0 fully saturated rings. The Morgan fingerprint density at radius 1 is 0.476 bits per heavy atom. The van der Waals surface area contributed by atoms with Crippen LogP contribution in [0.4, 0.5) is 11.4 Å². The Bertz CT molecular complexity index is 5550. The highest BCUT2D eigenvalue weighted by atomic mass is 35.5. The van der Waals surface area contributed by atoms with Crippen LogP contribution in [0.2, 0.25) is 0 Å². The van der Waals surface area contributed by atoms with Gasteiger partial charge in [0, 0.05) is 75.1 Å². The predicted molar refractivity (Wildman–Crippen MR) is 471 cm³/mol. The maximum absolute atomic E-state index is 7.25. The van der Waals surface area contributed by atoms with Crippen molar-refractivity contribution in [1.82, 2.24) is 4.57 Å². The fourth-order valence-corrected chi connectivity index (χ4v) is 20.3. The number of hydrogen-bond donors (Lipinski definition) is 0. The average Bonchev–Trinajstić information content (AvgIpc) is 1.65. The first-order valence-electron chi connectivity index (χ1n) is 38.0. The minimum atomic E-state index is 0.915. The molecule has 15 rings (SSSR count). The quantitative estimate of drug-likeness (QED) is 0.0799. The van der Waals surface area contributed by atoms with E-state index in [0.29, 0.717) is 0 Å². The number of nitrogens with zero attached hydrogens (tertiary/aromatic N) is 3. The standard InChI is InChI=1S/C45H52ClN.C30H25NS2.C22H21NS2/c1-7-9-18-36-39(27-23-32(3)4)37-19-11-12-20-38(37)40(36)28-25-34-16-15-17-35(45(34)46)26-30-44-42-22-14-13-21-41(42)43(29-24-33(5)6)47(44)31-10-8-2;1-3-22-25-18-16-20-10-5-7-12-23(20)29(25)32-27(22)14-9-15-28-31(4-2)26-19-17-21-11-6-8-13-24(21)30(26)33-28;1-3-16-17-10-5-7-12-20(17)24-19(16)14-9-15-22-23(4-2)18-11-6-8-13-21(18)25-22/h11-14,19-30H,7-10,15-18,31H2,1-6H3;5-19H,3-4H2,1-2H3;5-15H,3-4H2,1-2H3/b28-25+,35-26+,39-27?,43-29+,44-30+;14-9+,28-15+;14-9+,22-15-. The molecule has 0 saturated heterocycles. The minimum Gasteiger partial charge on any atom is -0.340 e. The van der Waals surface area contributed by atoms with E-state index in [1.165, 1.54) is 178 Å². The summed E-state index contributed by atoms with van der Waals surface area (Å²) in [5.41, 5.74) is 17.5. The summed E-state index contributed by atoms with van der Waals surface area (Å²) in [7, 11) is 0. The van der Waals surface area contributed by atoms with Crippen molar-refractivity contribution in [2.24, 2.45) is 0 Å². The van der Waals surface area contributed by atoms with Crippen LogP contribution in [0, 0.1) is 0 Å². The summed E-state index contributed by atoms with van der Waals surface area (Å²) < 4.78 is 5.29. The minimum absolute atomic E-state index is 0.915. The number of rotatable bonds is 19. The summed E-state index contributed by atoms with van der Waals surface area (Å²) in [4.78, 5) is 10.3. The molecule has 0 bridgehead atoms. The van der Waals surface area contributed by atoms with Crippen LogP contribution in [0.1, 0.15) is 153 Å². The summed E-state index contributed by atoms with van der Waals surface area (Å²) in [5, 5.41) is 16.8. The molecule has 0 N–H and O–H groups in total. The van der Waals surface area contributed by atoms with Crippen LogP contribution in [-0.2, 0) is 19.4 Å². The van der Waals surface area contributed by atoms with Crippen LogP contribution < -0.4 is 20.5 Å². The number of fused-ring (bicyclic) bond motifs is 10. The third-order valence-corrected chi connectivity index (χ3v) is 25.5. The number of anilines is 2. The van der Waals surface area contributed by atoms with Gasteiger partial charge in [0.2, 0.25) is 0 Å². The first-order chi connectivity index (χ1) is 51.4. The Morgan fingerprint density at radius 2 is 1.06 bits per heavy atom. The zero-order valence-corrected chi connectivity index (χ0v) is 66.8. The molecule has 5 heterocycles. The van der Waals surface area contributed by atoms with Gasteiger partial charge in [-0.05, 0) is 236 Å². The van der Waals surface area contributed by atoms with Gasteiger partial charge in [0.15, 0.2) is 0 Å². The van der Waals surface area contributed by atoms with E-state index in [-0.39, 0.29) is 0 Å². The third kappa shape index (κ3) is 16.3. The summed E-state index contributed by atoms with van der Waals surface area (Å²) in [6.45, 7) is 25.1. The number of thioether (sulfide) groups is 2. The van der Waals surface area contributed by atoms with Crippen molar-refractivity contribution < 1.29 is 0 Å². The molecule has 0 saturated carbocycles. The lowest BCUT2D eigenvalue weighted by molar-refractivity contribution is 0.613. The van der Waals surface area contributed by atoms with Gasteiger partial charge in [-0.25, -0.2) is 0 Å². The van der Waals surface area contributed by atoms with E-state index in [4.69, 9.17) is 11.6 Å². The fraction of sp³-hybridized carbons (Fsp3) is 0.237. The van der Waals surface area contributed by atoms with Crippen molar-refractivity contribution in [3.05, 3.63) is 316 Å². The van der Waals surface area contributed by atoms with E-state index in [0.717, 1.165) is 76.0 Å². The molecule has 532 valence electrons. The Labute approximate surface area is 645 Å². The molecule has 2 aliphatic carbocycles. The van der Waals surface area contributed by atoms with Gasteiger partial charge in [-0.1, -0.05) is 281 Å². The molecular weight excluding hydrogens is 1370 g/mol. The summed E-state index contributed by atoms with van der Waals surface area (Å²) in [6.07, 6.45) is 42.9. The normalized spacial score (nSPS) is 16.3. The third-order valence-electron chi connectivity index (χ3n) is 20.3. The van der Waals surface area contributed by atoms with Crippen LogP contribution in [0.25, 0.3) is 87.9 Å². The van der Waals surface area contributed by atoms with Crippen LogP contribution >= 0.6 is 57.8 Å². The maximum atomic E-state index is 7.25. The molecule has 0 atom stereocenters. The Kier molecular flexibility index (Phi) is 24.9. The van der Waals surface area contributed by atoms with Crippen molar-refractivity contribution in [2.75, 3.05) is 22.9 Å². The number of aryl methyl sites for hydroxylation is 2. The molecule has 0 radical (unpaired) electrons. The summed E-state index contributed by atoms with van der Waals surface area (Å²) in [6, 6.07) is 61.6. The highest BCUT2D eigenvalue weighted by molar-refractivity contribution is 8.04. The lowest BCUT2D eigenvalue weighted by Gasteiger charge is -2.17. The van der Waals surface area contributed by atoms with E-state index in [1.807, 2.05) is 46.2 Å². The molecule has 2 aliphatic heterocycles. The van der Waals surface area contributed by atoms with Gasteiger partial charge in [-0.2, -0.15) is 0 Å². The van der Waals surface area contributed by atoms with Gasteiger partial charge in [0.1, 0.15) is 0 Å². The average molecular weight is 1470 g/mol. The van der Waals surface area contributed by atoms with E-state index in [1.54, 1.807) is 0 Å². The van der Waals surface area contributed by atoms with Crippen molar-refractivity contribution in [3.63, 3.8) is 0 Å². The van der Waals surface area contributed by atoms with E-state index >= 15 is 0 Å². The number of aromatic nitrogens is 1. The van der Waals surface area contributed by atoms with Crippen molar-refractivity contribution in [2.45, 2.75) is 150 Å². The van der Waals surface area contributed by atoms with Gasteiger partial charge >= 0.3 is 0 Å². The summed E-state index contributed by atoms with van der Waals surface area (Å²) >= 11 is 14.8. The molecule has 105 heavy (non-hydrogen) atoms. The molecule has 8 aromatic carbocycles. The first kappa shape index (κ1) is 74.5. The first-order valence-corrected chi connectivity index (χ1v) is 41.7. The van der Waals surface area contributed by atoms with Crippen LogP contribution in [-0.4, -0.2) is 17.7 Å². The summed E-state index contributed by atoms with van der Waals surface area (Å²) in [5.74, 6) is 0. The largest absolute Gasteiger partial charge is 0.340 e. The number of allylic oxidation sites excluding steroid dienone is 18. The van der Waals surface area contributed by atoms with Crippen molar-refractivity contribution >= 4 is 157 Å².